The number of rotatable bonds is 31. The van der Waals surface area contributed by atoms with Crippen molar-refractivity contribution >= 4 is 5.97 Å². The summed E-state index contributed by atoms with van der Waals surface area (Å²) in [5, 5.41) is 0. The number of hydrogen-bond donors (Lipinski definition) is 0. The number of hydrogen-bond acceptors (Lipinski definition) is 2. The largest absolute Gasteiger partial charge is 0.466 e. The van der Waals surface area contributed by atoms with Crippen LogP contribution in [0.4, 0.5) is 0 Å². The van der Waals surface area contributed by atoms with E-state index in [2.05, 4.69) is 13.8 Å². The summed E-state index contributed by atoms with van der Waals surface area (Å²) in [4.78, 5) is 11.9. The van der Waals surface area contributed by atoms with Gasteiger partial charge in [0.05, 0.1) is 6.61 Å². The van der Waals surface area contributed by atoms with Gasteiger partial charge < -0.3 is 4.74 Å². The van der Waals surface area contributed by atoms with Crippen LogP contribution in [-0.2, 0) is 9.53 Å². The Labute approximate surface area is 228 Å². The van der Waals surface area contributed by atoms with Gasteiger partial charge in [0.15, 0.2) is 0 Å². The third-order valence-electron chi connectivity index (χ3n) is 7.75. The van der Waals surface area contributed by atoms with E-state index in [0.29, 0.717) is 13.0 Å². The smallest absolute Gasteiger partial charge is 0.305 e. The molecule has 0 aromatic heterocycles. The molecule has 0 aliphatic carbocycles. The first kappa shape index (κ1) is 35.5. The third-order valence-corrected chi connectivity index (χ3v) is 7.75. The third kappa shape index (κ3) is 31.5. The van der Waals surface area contributed by atoms with Crippen LogP contribution in [0.2, 0.25) is 0 Å². The second-order valence-electron chi connectivity index (χ2n) is 11.5. The molecule has 2 nitrogen and oxygen atoms in total. The highest BCUT2D eigenvalue weighted by molar-refractivity contribution is 5.69. The molecule has 0 spiro atoms. The van der Waals surface area contributed by atoms with Gasteiger partial charge in [-0.2, -0.15) is 0 Å². The highest BCUT2D eigenvalue weighted by Gasteiger charge is 2.02. The van der Waals surface area contributed by atoms with Crippen LogP contribution in [-0.4, -0.2) is 12.6 Å². The molecule has 0 amide bonds. The van der Waals surface area contributed by atoms with Gasteiger partial charge in [-0.3, -0.25) is 4.79 Å². The summed E-state index contributed by atoms with van der Waals surface area (Å²) in [5.74, 6) is 0.0272. The predicted molar refractivity (Wildman–Crippen MR) is 161 cm³/mol. The van der Waals surface area contributed by atoms with E-state index >= 15 is 0 Å². The van der Waals surface area contributed by atoms with Gasteiger partial charge in [-0.25, -0.2) is 0 Å². The average Bonchev–Trinajstić information content (AvgIpc) is 2.88. The van der Waals surface area contributed by atoms with Crippen LogP contribution in [0.25, 0.3) is 0 Å². The van der Waals surface area contributed by atoms with Crippen LogP contribution in [0.5, 0.6) is 0 Å². The van der Waals surface area contributed by atoms with Gasteiger partial charge >= 0.3 is 5.97 Å². The molecule has 0 aromatic carbocycles. The summed E-state index contributed by atoms with van der Waals surface area (Å²) in [5.41, 5.74) is 0. The maximum absolute atomic E-state index is 11.9. The van der Waals surface area contributed by atoms with Crippen LogP contribution in [0, 0.1) is 0 Å². The molecule has 36 heavy (non-hydrogen) atoms. The molecule has 0 atom stereocenters. The molecule has 0 aromatic rings. The predicted octanol–water partition coefficient (Wildman–Crippen LogP) is 12.3. The van der Waals surface area contributed by atoms with Crippen LogP contribution >= 0.6 is 0 Å². The van der Waals surface area contributed by atoms with Gasteiger partial charge in [-0.15, -0.1) is 0 Å². The van der Waals surface area contributed by atoms with Crippen LogP contribution in [0.3, 0.4) is 0 Å². The number of carbonyl (C=O) groups is 1. The van der Waals surface area contributed by atoms with Crippen LogP contribution in [0.1, 0.15) is 206 Å². The Morgan fingerprint density at radius 1 is 0.361 bits per heavy atom. The zero-order chi connectivity index (χ0) is 26.2. The van der Waals surface area contributed by atoms with Crippen molar-refractivity contribution in [1.29, 1.82) is 0 Å². The van der Waals surface area contributed by atoms with E-state index < -0.39 is 0 Å². The fraction of sp³-hybridized carbons (Fsp3) is 0.971. The van der Waals surface area contributed by atoms with Crippen molar-refractivity contribution in [3.8, 4) is 0 Å². The van der Waals surface area contributed by atoms with Crippen LogP contribution in [0.15, 0.2) is 0 Å². The number of carbonyl (C=O) groups excluding carboxylic acids is 1. The van der Waals surface area contributed by atoms with Gasteiger partial charge in [0, 0.05) is 6.42 Å². The molecule has 216 valence electrons. The summed E-state index contributed by atoms with van der Waals surface area (Å²) < 4.78 is 5.43. The standard InChI is InChI=1S/C34H68O2/c1-3-5-7-9-11-13-15-17-19-20-22-24-26-28-30-32-34(35)36-33-31-29-27-25-23-21-18-16-14-12-10-8-6-4-2/h3-33H2,1-2H3. The van der Waals surface area contributed by atoms with Gasteiger partial charge in [0.25, 0.3) is 0 Å². The van der Waals surface area contributed by atoms with E-state index in [0.717, 1.165) is 12.8 Å². The summed E-state index contributed by atoms with van der Waals surface area (Å²) in [7, 11) is 0. The molecule has 0 heterocycles. The first-order chi connectivity index (χ1) is 17.8. The summed E-state index contributed by atoms with van der Waals surface area (Å²) in [6.07, 6.45) is 40.1. The Balaban J connectivity index is 3.14. The molecular weight excluding hydrogens is 440 g/mol. The minimum atomic E-state index is 0.0272. The lowest BCUT2D eigenvalue weighted by molar-refractivity contribution is -0.143. The molecule has 0 N–H and O–H groups in total. The number of ether oxygens (including phenoxy) is 1. The van der Waals surface area contributed by atoms with Gasteiger partial charge in [0.2, 0.25) is 0 Å². The Morgan fingerprint density at radius 2 is 0.611 bits per heavy atom. The van der Waals surface area contributed by atoms with Crippen molar-refractivity contribution < 1.29 is 9.53 Å². The maximum atomic E-state index is 11.9. The SMILES string of the molecule is CCCCCCCCCCCCCCCCCC(=O)OCCCCCCCCCCCCCCCC. The normalized spacial score (nSPS) is 11.3. The highest BCUT2D eigenvalue weighted by Crippen LogP contribution is 2.15. The molecule has 0 fully saturated rings. The molecule has 0 saturated heterocycles. The minimum Gasteiger partial charge on any atom is -0.466 e. The first-order valence-electron chi connectivity index (χ1n) is 17.0. The second kappa shape index (κ2) is 32.5. The second-order valence-corrected chi connectivity index (χ2v) is 11.5. The van der Waals surface area contributed by atoms with E-state index in [1.165, 1.54) is 173 Å². The fourth-order valence-corrected chi connectivity index (χ4v) is 5.20. The summed E-state index contributed by atoms with van der Waals surface area (Å²) >= 11 is 0. The van der Waals surface area contributed by atoms with E-state index in [1.54, 1.807) is 0 Å². The molecular formula is C34H68O2. The maximum Gasteiger partial charge on any atom is 0.305 e. The molecule has 0 saturated carbocycles. The zero-order valence-electron chi connectivity index (χ0n) is 25.2. The lowest BCUT2D eigenvalue weighted by Crippen LogP contribution is -2.05. The van der Waals surface area contributed by atoms with Crippen molar-refractivity contribution in [2.45, 2.75) is 206 Å². The van der Waals surface area contributed by atoms with E-state index in [9.17, 15) is 4.79 Å². The topological polar surface area (TPSA) is 26.3 Å². The molecule has 0 unspecified atom stereocenters. The molecule has 0 bridgehead atoms. The molecule has 0 aliphatic rings. The lowest BCUT2D eigenvalue weighted by Gasteiger charge is -2.06. The fourth-order valence-electron chi connectivity index (χ4n) is 5.20. The molecule has 0 aliphatic heterocycles. The Morgan fingerprint density at radius 3 is 0.917 bits per heavy atom. The first-order valence-corrected chi connectivity index (χ1v) is 17.0. The molecule has 0 radical (unpaired) electrons. The lowest BCUT2D eigenvalue weighted by atomic mass is 10.0. The van der Waals surface area contributed by atoms with Crippen molar-refractivity contribution in [2.24, 2.45) is 0 Å². The van der Waals surface area contributed by atoms with Gasteiger partial charge in [-0.05, 0) is 12.8 Å². The van der Waals surface area contributed by atoms with Crippen LogP contribution < -0.4 is 0 Å². The molecule has 0 rings (SSSR count). The number of unbranched alkanes of at least 4 members (excludes halogenated alkanes) is 27. The van der Waals surface area contributed by atoms with Gasteiger partial charge in [-0.1, -0.05) is 187 Å². The zero-order valence-corrected chi connectivity index (χ0v) is 25.2. The molecule has 2 heteroatoms. The Kier molecular flexibility index (Phi) is 32.0. The van der Waals surface area contributed by atoms with E-state index in [-0.39, 0.29) is 5.97 Å². The Hall–Kier alpha value is -0.530. The average molecular weight is 509 g/mol. The van der Waals surface area contributed by atoms with Crippen molar-refractivity contribution in [3.63, 3.8) is 0 Å². The van der Waals surface area contributed by atoms with E-state index in [1.807, 2.05) is 0 Å². The summed E-state index contributed by atoms with van der Waals surface area (Å²) in [6.45, 7) is 5.21. The van der Waals surface area contributed by atoms with Crippen molar-refractivity contribution in [2.75, 3.05) is 6.61 Å². The highest BCUT2D eigenvalue weighted by atomic mass is 16.5. The summed E-state index contributed by atoms with van der Waals surface area (Å²) in [6, 6.07) is 0. The monoisotopic (exact) mass is 509 g/mol. The number of esters is 1. The quantitative estimate of drug-likeness (QED) is 0.0687. The Bertz CT molecular complexity index is 370. The van der Waals surface area contributed by atoms with E-state index in [4.69, 9.17) is 4.74 Å². The van der Waals surface area contributed by atoms with Crippen molar-refractivity contribution in [1.82, 2.24) is 0 Å². The van der Waals surface area contributed by atoms with Gasteiger partial charge in [0.1, 0.15) is 0 Å². The minimum absolute atomic E-state index is 0.0272. The van der Waals surface area contributed by atoms with Crippen molar-refractivity contribution in [3.05, 3.63) is 0 Å².